The van der Waals surface area contributed by atoms with Crippen molar-refractivity contribution >= 4 is 70.3 Å². The van der Waals surface area contributed by atoms with Crippen LogP contribution in [0.25, 0.3) is 34.4 Å². The molecule has 41 heavy (non-hydrogen) atoms. The Balaban J connectivity index is 1.97. The van der Waals surface area contributed by atoms with Crippen LogP contribution in [0.5, 0.6) is 0 Å². The number of rotatable bonds is 6. The van der Waals surface area contributed by atoms with Crippen LogP contribution < -0.4 is 0 Å². The largest absolute Gasteiger partial charge is 0.409 e. The van der Waals surface area contributed by atoms with E-state index in [4.69, 9.17) is 46.4 Å². The van der Waals surface area contributed by atoms with Gasteiger partial charge in [-0.2, -0.15) is 26.3 Å². The lowest BCUT2D eigenvalue weighted by Gasteiger charge is -2.18. The number of alkyl halides is 6. The Labute approximate surface area is 256 Å². The highest BCUT2D eigenvalue weighted by Gasteiger charge is 2.24. The van der Waals surface area contributed by atoms with Gasteiger partial charge in [0.2, 0.25) is 0 Å². The summed E-state index contributed by atoms with van der Waals surface area (Å²) < 4.78 is 78.7. The van der Waals surface area contributed by atoms with Gasteiger partial charge in [0.25, 0.3) is 0 Å². The Morgan fingerprint density at radius 1 is 0.512 bits per heavy atom. The summed E-state index contributed by atoms with van der Waals surface area (Å²) in [7, 11) is 0. The Morgan fingerprint density at radius 3 is 1.17 bits per heavy atom. The van der Waals surface area contributed by atoms with Crippen LogP contribution in [0.2, 0.25) is 20.1 Å². The van der Waals surface area contributed by atoms with Crippen molar-refractivity contribution in [3.05, 3.63) is 116 Å². The molecule has 0 aliphatic heterocycles. The van der Waals surface area contributed by atoms with Gasteiger partial charge in [-0.15, -0.1) is 0 Å². The fraction of sp³-hybridized carbons (Fsp3) is 0.0667. The molecule has 0 heterocycles. The molecule has 0 unspecified atom stereocenters. The number of hydrogen-bond acceptors (Lipinski definition) is 1. The average Bonchev–Trinajstić information content (AvgIpc) is 2.84. The topological polar surface area (TPSA) is 0 Å². The second kappa shape index (κ2) is 12.8. The van der Waals surface area contributed by atoms with Crippen LogP contribution in [0.4, 0.5) is 26.3 Å². The Morgan fingerprint density at radius 2 is 0.854 bits per heavy atom. The molecule has 0 radical (unpaired) electrons. The number of allylic oxidation sites excluding steroid dienone is 2. The van der Waals surface area contributed by atoms with Gasteiger partial charge in [-0.3, -0.25) is 0 Å². The quantitative estimate of drug-likeness (QED) is 0.185. The SMILES string of the molecule is FC(F)(F)C=Cc1cccc(Sc2cccc(C=CC(F)(F)F)c2-c2cc(Cl)cc(Cl)c2)c1-c1cc(Cl)cc(Cl)c1. The van der Waals surface area contributed by atoms with Crippen LogP contribution in [0.3, 0.4) is 0 Å². The third kappa shape index (κ3) is 8.72. The van der Waals surface area contributed by atoms with Crippen molar-refractivity contribution < 1.29 is 26.3 Å². The second-order valence-electron chi connectivity index (χ2n) is 8.61. The van der Waals surface area contributed by atoms with E-state index in [1.54, 1.807) is 48.5 Å². The van der Waals surface area contributed by atoms with Crippen LogP contribution in [0.15, 0.2) is 94.7 Å². The van der Waals surface area contributed by atoms with Gasteiger partial charge in [0, 0.05) is 53.2 Å². The fourth-order valence-corrected chi connectivity index (χ4v) is 6.30. The number of halogens is 10. The van der Waals surface area contributed by atoms with Crippen LogP contribution in [0.1, 0.15) is 11.1 Å². The van der Waals surface area contributed by atoms with E-state index >= 15 is 0 Å². The van der Waals surface area contributed by atoms with Crippen molar-refractivity contribution in [3.8, 4) is 22.3 Å². The first kappa shape index (κ1) is 31.4. The van der Waals surface area contributed by atoms with Crippen molar-refractivity contribution in [1.82, 2.24) is 0 Å². The van der Waals surface area contributed by atoms with E-state index in [1.165, 1.54) is 24.3 Å². The van der Waals surface area contributed by atoms with Crippen molar-refractivity contribution in [2.75, 3.05) is 0 Å². The second-order valence-corrected chi connectivity index (χ2v) is 11.4. The summed E-state index contributed by atoms with van der Waals surface area (Å²) in [5, 5.41) is 1.08. The van der Waals surface area contributed by atoms with Crippen LogP contribution >= 0.6 is 58.2 Å². The van der Waals surface area contributed by atoms with E-state index in [2.05, 4.69) is 0 Å². The zero-order chi connectivity index (χ0) is 29.9. The third-order valence-electron chi connectivity index (χ3n) is 5.54. The zero-order valence-electron chi connectivity index (χ0n) is 20.4. The van der Waals surface area contributed by atoms with Gasteiger partial charge in [0.15, 0.2) is 0 Å². The van der Waals surface area contributed by atoms with Crippen molar-refractivity contribution in [3.63, 3.8) is 0 Å². The van der Waals surface area contributed by atoms with Gasteiger partial charge in [-0.25, -0.2) is 0 Å². The van der Waals surface area contributed by atoms with Gasteiger partial charge in [-0.05, 0) is 82.9 Å². The van der Waals surface area contributed by atoms with Gasteiger partial charge in [-0.1, -0.05) is 82.4 Å². The summed E-state index contributed by atoms with van der Waals surface area (Å²) >= 11 is 26.1. The molecule has 0 aliphatic carbocycles. The first-order valence-electron chi connectivity index (χ1n) is 11.6. The van der Waals surface area contributed by atoms with E-state index in [9.17, 15) is 26.3 Å². The maximum absolute atomic E-state index is 13.1. The lowest BCUT2D eigenvalue weighted by Crippen LogP contribution is -2.01. The van der Waals surface area contributed by atoms with Gasteiger partial charge >= 0.3 is 12.4 Å². The lowest BCUT2D eigenvalue weighted by atomic mass is 9.99. The highest BCUT2D eigenvalue weighted by Crippen LogP contribution is 2.45. The van der Waals surface area contributed by atoms with E-state index in [0.717, 1.165) is 23.9 Å². The lowest BCUT2D eigenvalue weighted by molar-refractivity contribution is -0.0800. The fourth-order valence-electron chi connectivity index (χ4n) is 4.05. The molecular weight excluding hydrogens is 648 g/mol. The molecule has 0 fully saturated rings. The molecule has 0 bridgehead atoms. The predicted octanol–water partition coefficient (Wildman–Crippen LogP) is 12.9. The minimum Gasteiger partial charge on any atom is -0.167 e. The van der Waals surface area contributed by atoms with Crippen LogP contribution in [-0.4, -0.2) is 12.4 Å². The first-order valence-corrected chi connectivity index (χ1v) is 13.9. The summed E-state index contributed by atoms with van der Waals surface area (Å²) in [6, 6.07) is 18.8. The molecule has 4 rings (SSSR count). The molecule has 0 amide bonds. The minimum absolute atomic E-state index is 0.119. The Bertz CT molecular complexity index is 1480. The molecule has 11 heteroatoms. The van der Waals surface area contributed by atoms with Crippen LogP contribution in [-0.2, 0) is 0 Å². The molecule has 0 saturated carbocycles. The first-order chi connectivity index (χ1) is 19.2. The maximum Gasteiger partial charge on any atom is 0.409 e. The molecule has 0 nitrogen and oxygen atoms in total. The van der Waals surface area contributed by atoms with Gasteiger partial charge in [0.05, 0.1) is 0 Å². The zero-order valence-corrected chi connectivity index (χ0v) is 24.3. The van der Waals surface area contributed by atoms with Gasteiger partial charge in [0.1, 0.15) is 0 Å². The van der Waals surface area contributed by atoms with E-state index in [1.807, 2.05) is 0 Å². The standard InChI is InChI=1S/C30H16Cl4F6S/c31-21-11-19(12-22(32)15-21)27-17(7-9-29(35,36)37)3-1-5-25(27)41-26-6-2-4-18(8-10-30(38,39)40)28(26)20-13-23(33)16-24(34)14-20/h1-16H. The molecule has 0 atom stereocenters. The highest BCUT2D eigenvalue weighted by molar-refractivity contribution is 7.99. The monoisotopic (exact) mass is 662 g/mol. The molecule has 0 aromatic heterocycles. The molecule has 0 aliphatic rings. The third-order valence-corrected chi connectivity index (χ3v) is 7.54. The van der Waals surface area contributed by atoms with Crippen molar-refractivity contribution in [2.45, 2.75) is 22.1 Å². The molecule has 0 saturated heterocycles. The molecule has 212 valence electrons. The smallest absolute Gasteiger partial charge is 0.167 e. The average molecular weight is 664 g/mol. The molecule has 4 aromatic carbocycles. The summed E-state index contributed by atoms with van der Waals surface area (Å²) in [5.74, 6) is 0. The summed E-state index contributed by atoms with van der Waals surface area (Å²) in [4.78, 5) is 0.998. The van der Waals surface area contributed by atoms with E-state index in [0.29, 0.717) is 32.0 Å². The number of hydrogen-bond donors (Lipinski definition) is 0. The molecule has 0 spiro atoms. The minimum atomic E-state index is -4.56. The predicted molar refractivity (Wildman–Crippen MR) is 158 cm³/mol. The van der Waals surface area contributed by atoms with E-state index < -0.39 is 12.4 Å². The van der Waals surface area contributed by atoms with Crippen molar-refractivity contribution in [2.24, 2.45) is 0 Å². The highest BCUT2D eigenvalue weighted by atomic mass is 35.5. The normalized spacial score (nSPS) is 12.5. The van der Waals surface area contributed by atoms with E-state index in [-0.39, 0.29) is 43.4 Å². The Kier molecular flexibility index (Phi) is 9.77. The Hall–Kier alpha value is -2.55. The number of benzene rings is 4. The maximum atomic E-state index is 13.1. The summed E-state index contributed by atoms with van der Waals surface area (Å²) in [5.41, 5.74) is 2.15. The van der Waals surface area contributed by atoms with Crippen LogP contribution in [0, 0.1) is 0 Å². The van der Waals surface area contributed by atoms with Crippen molar-refractivity contribution in [1.29, 1.82) is 0 Å². The molecular formula is C30H16Cl4F6S. The summed E-state index contributed by atoms with van der Waals surface area (Å²) in [6.45, 7) is 0. The van der Waals surface area contributed by atoms with Gasteiger partial charge < -0.3 is 0 Å². The molecule has 4 aromatic rings. The molecule has 0 N–H and O–H groups in total. The summed E-state index contributed by atoms with van der Waals surface area (Å²) in [6.07, 6.45) is -7.01.